The van der Waals surface area contributed by atoms with Crippen molar-refractivity contribution < 1.29 is 21.9 Å². The summed E-state index contributed by atoms with van der Waals surface area (Å²) in [5, 5.41) is 0.0219. The van der Waals surface area contributed by atoms with E-state index in [1.54, 1.807) is 0 Å². The van der Waals surface area contributed by atoms with Gasteiger partial charge in [0.25, 0.3) is 9.05 Å². The molecule has 2 aromatic rings. The minimum absolute atomic E-state index is 0.0219. The second-order valence-electron chi connectivity index (χ2n) is 4.10. The Morgan fingerprint density at radius 3 is 2.19 bits per heavy atom. The fourth-order valence-corrected chi connectivity index (χ4v) is 2.68. The van der Waals surface area contributed by atoms with Gasteiger partial charge < -0.3 is 4.74 Å². The van der Waals surface area contributed by atoms with Gasteiger partial charge in [0.2, 0.25) is 0 Å². The van der Waals surface area contributed by atoms with Crippen molar-refractivity contribution in [3.05, 3.63) is 58.6 Å². The first-order valence-corrected chi connectivity index (χ1v) is 8.26. The second kappa shape index (κ2) is 6.17. The van der Waals surface area contributed by atoms with Gasteiger partial charge in [0.1, 0.15) is 24.0 Å². The van der Waals surface area contributed by atoms with Crippen LogP contribution in [0, 0.1) is 11.6 Å². The van der Waals surface area contributed by atoms with Gasteiger partial charge in [0.15, 0.2) is 0 Å². The number of halogens is 4. The molecule has 0 aliphatic rings. The van der Waals surface area contributed by atoms with Gasteiger partial charge in [0, 0.05) is 16.7 Å². The first-order valence-electron chi connectivity index (χ1n) is 5.58. The number of rotatable bonds is 4. The van der Waals surface area contributed by atoms with E-state index >= 15 is 0 Å². The Morgan fingerprint density at radius 1 is 1.05 bits per heavy atom. The van der Waals surface area contributed by atoms with Crippen molar-refractivity contribution in [1.82, 2.24) is 0 Å². The average molecular weight is 353 g/mol. The molecule has 0 aliphatic carbocycles. The number of ether oxygens (including phenoxy) is 1. The van der Waals surface area contributed by atoms with Crippen LogP contribution in [-0.4, -0.2) is 8.42 Å². The molecule has 0 unspecified atom stereocenters. The molecule has 21 heavy (non-hydrogen) atoms. The van der Waals surface area contributed by atoms with E-state index in [4.69, 9.17) is 27.0 Å². The molecule has 0 heterocycles. The predicted octanol–water partition coefficient (Wildman–Crippen LogP) is 4.12. The van der Waals surface area contributed by atoms with E-state index in [1.807, 2.05) is 0 Å². The largest absolute Gasteiger partial charge is 0.487 e. The van der Waals surface area contributed by atoms with E-state index in [2.05, 4.69) is 0 Å². The molecule has 0 amide bonds. The van der Waals surface area contributed by atoms with E-state index in [-0.39, 0.29) is 27.8 Å². The Bertz CT molecular complexity index is 759. The minimum Gasteiger partial charge on any atom is -0.487 e. The second-order valence-corrected chi connectivity index (χ2v) is 7.07. The zero-order valence-corrected chi connectivity index (χ0v) is 12.6. The molecule has 0 N–H and O–H groups in total. The van der Waals surface area contributed by atoms with Crippen LogP contribution in [0.25, 0.3) is 0 Å². The van der Waals surface area contributed by atoms with Crippen LogP contribution in [0.1, 0.15) is 5.56 Å². The highest BCUT2D eigenvalue weighted by atomic mass is 35.7. The van der Waals surface area contributed by atoms with Gasteiger partial charge in [-0.2, -0.15) is 0 Å². The van der Waals surface area contributed by atoms with Crippen LogP contribution < -0.4 is 4.74 Å². The SMILES string of the molecule is O=S(=O)(Cl)c1ccc(OCc2cc(F)cc(F)c2)c(Cl)c1. The summed E-state index contributed by atoms with van der Waals surface area (Å²) >= 11 is 5.87. The van der Waals surface area contributed by atoms with Gasteiger partial charge in [-0.25, -0.2) is 17.2 Å². The Labute approximate surface area is 129 Å². The molecule has 112 valence electrons. The van der Waals surface area contributed by atoms with Gasteiger partial charge in [-0.15, -0.1) is 0 Å². The molecule has 2 rings (SSSR count). The lowest BCUT2D eigenvalue weighted by molar-refractivity contribution is 0.305. The van der Waals surface area contributed by atoms with Crippen LogP contribution in [0.4, 0.5) is 8.78 Å². The third-order valence-corrected chi connectivity index (χ3v) is 4.15. The highest BCUT2D eigenvalue weighted by Gasteiger charge is 2.13. The molecule has 2 aromatic carbocycles. The van der Waals surface area contributed by atoms with Gasteiger partial charge in [-0.3, -0.25) is 0 Å². The number of hydrogen-bond acceptors (Lipinski definition) is 3. The summed E-state index contributed by atoms with van der Waals surface area (Å²) in [6.07, 6.45) is 0. The summed E-state index contributed by atoms with van der Waals surface area (Å²) in [6, 6.07) is 6.65. The molecule has 0 saturated heterocycles. The lowest BCUT2D eigenvalue weighted by Gasteiger charge is -2.09. The summed E-state index contributed by atoms with van der Waals surface area (Å²) < 4.78 is 53.6. The lowest BCUT2D eigenvalue weighted by Crippen LogP contribution is -1.98. The van der Waals surface area contributed by atoms with Crippen molar-refractivity contribution in [3.8, 4) is 5.75 Å². The normalized spacial score (nSPS) is 11.4. The minimum atomic E-state index is -3.89. The molecule has 0 fully saturated rings. The molecular weight excluding hydrogens is 345 g/mol. The van der Waals surface area contributed by atoms with E-state index in [0.717, 1.165) is 24.3 Å². The summed E-state index contributed by atoms with van der Waals surface area (Å²) in [5.74, 6) is -1.27. The maximum absolute atomic E-state index is 13.0. The highest BCUT2D eigenvalue weighted by molar-refractivity contribution is 8.13. The lowest BCUT2D eigenvalue weighted by atomic mass is 10.2. The third-order valence-electron chi connectivity index (χ3n) is 2.50. The molecule has 0 aliphatic heterocycles. The maximum atomic E-state index is 13.0. The Balaban J connectivity index is 2.17. The molecule has 3 nitrogen and oxygen atoms in total. The first-order chi connectivity index (χ1) is 9.75. The van der Waals surface area contributed by atoms with E-state index in [0.29, 0.717) is 0 Å². The van der Waals surface area contributed by atoms with Crippen LogP contribution >= 0.6 is 22.3 Å². The van der Waals surface area contributed by atoms with Crippen molar-refractivity contribution in [2.45, 2.75) is 11.5 Å². The smallest absolute Gasteiger partial charge is 0.261 e. The first kappa shape index (κ1) is 16.0. The standard InChI is InChI=1S/C13H8Cl2F2O3S/c14-12-6-11(21(15,18)19)1-2-13(12)20-7-8-3-9(16)5-10(17)4-8/h1-6H,7H2. The maximum Gasteiger partial charge on any atom is 0.261 e. The van der Waals surface area contributed by atoms with Crippen molar-refractivity contribution >= 4 is 31.3 Å². The Morgan fingerprint density at radius 2 is 1.67 bits per heavy atom. The quantitative estimate of drug-likeness (QED) is 0.777. The van der Waals surface area contributed by atoms with Crippen LogP contribution in [0.5, 0.6) is 5.75 Å². The molecular formula is C13H8Cl2F2O3S. The monoisotopic (exact) mass is 352 g/mol. The molecule has 0 aromatic heterocycles. The fraction of sp³-hybridized carbons (Fsp3) is 0.0769. The van der Waals surface area contributed by atoms with Crippen molar-refractivity contribution in [3.63, 3.8) is 0 Å². The molecule has 0 saturated carbocycles. The van der Waals surface area contributed by atoms with Crippen molar-refractivity contribution in [1.29, 1.82) is 0 Å². The van der Waals surface area contributed by atoms with E-state index < -0.39 is 20.7 Å². The molecule has 0 radical (unpaired) electrons. The molecule has 0 bridgehead atoms. The van der Waals surface area contributed by atoms with Gasteiger partial charge in [-0.05, 0) is 35.9 Å². The van der Waals surface area contributed by atoms with E-state index in [9.17, 15) is 17.2 Å². The van der Waals surface area contributed by atoms with Crippen LogP contribution in [0.3, 0.4) is 0 Å². The van der Waals surface area contributed by atoms with E-state index in [1.165, 1.54) is 12.1 Å². The summed E-state index contributed by atoms with van der Waals surface area (Å²) in [7, 11) is 1.29. The molecule has 0 spiro atoms. The summed E-state index contributed by atoms with van der Waals surface area (Å²) in [4.78, 5) is -0.168. The fourth-order valence-electron chi connectivity index (χ4n) is 1.61. The molecule has 0 atom stereocenters. The van der Waals surface area contributed by atoms with Crippen LogP contribution in [-0.2, 0) is 15.7 Å². The Kier molecular flexibility index (Phi) is 4.70. The summed E-state index contributed by atoms with van der Waals surface area (Å²) in [5.41, 5.74) is 0.276. The zero-order valence-electron chi connectivity index (χ0n) is 10.3. The summed E-state index contributed by atoms with van der Waals surface area (Å²) in [6.45, 7) is -0.124. The van der Waals surface area contributed by atoms with Crippen LogP contribution in [0.15, 0.2) is 41.3 Å². The van der Waals surface area contributed by atoms with Crippen molar-refractivity contribution in [2.75, 3.05) is 0 Å². The average Bonchev–Trinajstić information content (AvgIpc) is 2.35. The third kappa shape index (κ3) is 4.30. The number of benzene rings is 2. The highest BCUT2D eigenvalue weighted by Crippen LogP contribution is 2.29. The topological polar surface area (TPSA) is 43.4 Å². The zero-order chi connectivity index (χ0) is 15.6. The van der Waals surface area contributed by atoms with Crippen LogP contribution in [0.2, 0.25) is 5.02 Å². The Hall–Kier alpha value is -1.37. The van der Waals surface area contributed by atoms with Gasteiger partial charge in [0.05, 0.1) is 9.92 Å². The number of hydrogen-bond donors (Lipinski definition) is 0. The molecule has 8 heteroatoms. The van der Waals surface area contributed by atoms with Crippen molar-refractivity contribution in [2.24, 2.45) is 0 Å². The predicted molar refractivity (Wildman–Crippen MR) is 75.2 cm³/mol. The van der Waals surface area contributed by atoms with Gasteiger partial charge >= 0.3 is 0 Å². The van der Waals surface area contributed by atoms with Gasteiger partial charge in [-0.1, -0.05) is 11.6 Å².